The molecular weight excluding hydrogens is 374 g/mol. The van der Waals surface area contributed by atoms with Crippen molar-refractivity contribution >= 4 is 5.69 Å². The third-order valence-electron chi connectivity index (χ3n) is 4.87. The first-order valence-corrected chi connectivity index (χ1v) is 9.81. The summed E-state index contributed by atoms with van der Waals surface area (Å²) in [6, 6.07) is 19.5. The molecule has 5 heteroatoms. The van der Waals surface area contributed by atoms with Crippen molar-refractivity contribution in [2.24, 2.45) is 0 Å². The van der Waals surface area contributed by atoms with Gasteiger partial charge in [-0.25, -0.2) is 4.98 Å². The van der Waals surface area contributed by atoms with Crippen LogP contribution in [0.5, 0.6) is 23.1 Å². The Morgan fingerprint density at radius 1 is 0.833 bits per heavy atom. The molecule has 2 aliphatic heterocycles. The van der Waals surface area contributed by atoms with Crippen LogP contribution in [0.2, 0.25) is 0 Å². The van der Waals surface area contributed by atoms with E-state index >= 15 is 0 Å². The van der Waals surface area contributed by atoms with Gasteiger partial charge in [0.05, 0.1) is 12.4 Å². The number of rotatable bonds is 5. The number of anilines is 1. The Balaban J connectivity index is 1.32. The van der Waals surface area contributed by atoms with Crippen LogP contribution in [0.3, 0.4) is 0 Å². The van der Waals surface area contributed by atoms with Crippen molar-refractivity contribution in [1.29, 1.82) is 0 Å². The van der Waals surface area contributed by atoms with E-state index < -0.39 is 0 Å². The fraction of sp³-hybridized carbons (Fsp3) is 0.0800. The van der Waals surface area contributed by atoms with Gasteiger partial charge in [-0.1, -0.05) is 18.2 Å². The Morgan fingerprint density at radius 3 is 2.47 bits per heavy atom. The lowest BCUT2D eigenvalue weighted by Crippen LogP contribution is -2.22. The number of aryl methyl sites for hydroxylation is 1. The lowest BCUT2D eigenvalue weighted by atomic mass is 10.2. The summed E-state index contributed by atoms with van der Waals surface area (Å²) in [5.74, 6) is 2.73. The Bertz CT molecular complexity index is 1170. The van der Waals surface area contributed by atoms with Crippen LogP contribution in [0, 0.1) is 6.92 Å². The van der Waals surface area contributed by atoms with Crippen molar-refractivity contribution in [3.05, 3.63) is 109 Å². The Morgan fingerprint density at radius 2 is 1.63 bits per heavy atom. The van der Waals surface area contributed by atoms with E-state index in [2.05, 4.69) is 39.3 Å². The first-order valence-electron chi connectivity index (χ1n) is 9.81. The van der Waals surface area contributed by atoms with Gasteiger partial charge in [0.25, 0.3) is 0 Å². The Labute approximate surface area is 175 Å². The van der Waals surface area contributed by atoms with Gasteiger partial charge in [0.2, 0.25) is 5.88 Å². The molecule has 3 heterocycles. The molecule has 5 nitrogen and oxygen atoms in total. The molecule has 0 amide bonds. The minimum absolute atomic E-state index is 0.566. The van der Waals surface area contributed by atoms with Crippen LogP contribution in [0.15, 0.2) is 103 Å². The molecule has 0 radical (unpaired) electrons. The number of benzene rings is 2. The van der Waals surface area contributed by atoms with Gasteiger partial charge in [0.1, 0.15) is 17.2 Å². The Hall–Kier alpha value is -3.99. The van der Waals surface area contributed by atoms with Gasteiger partial charge in [0, 0.05) is 42.5 Å². The molecule has 30 heavy (non-hydrogen) atoms. The highest BCUT2D eigenvalue weighted by molar-refractivity contribution is 5.56. The normalized spacial score (nSPS) is 14.5. The lowest BCUT2D eigenvalue weighted by molar-refractivity contribution is 0.449. The maximum atomic E-state index is 6.11. The van der Waals surface area contributed by atoms with Crippen LogP contribution >= 0.6 is 0 Å². The average molecular weight is 395 g/mol. The number of hydrogen-bond donors (Lipinski definition) is 0. The summed E-state index contributed by atoms with van der Waals surface area (Å²) in [4.78, 5) is 8.65. The molecular formula is C25H21N3O2. The fourth-order valence-electron chi connectivity index (χ4n) is 3.40. The number of aromatic nitrogens is 1. The van der Waals surface area contributed by atoms with Crippen LogP contribution in [0.1, 0.15) is 5.56 Å². The van der Waals surface area contributed by atoms with Gasteiger partial charge >= 0.3 is 0 Å². The second-order valence-corrected chi connectivity index (χ2v) is 7.18. The molecule has 0 aliphatic carbocycles. The fourth-order valence-corrected chi connectivity index (χ4v) is 3.40. The van der Waals surface area contributed by atoms with Crippen molar-refractivity contribution in [3.63, 3.8) is 0 Å². The number of allylic oxidation sites excluding steroid dienone is 3. The minimum atomic E-state index is 0.566. The third-order valence-corrected chi connectivity index (χ3v) is 4.87. The number of ether oxygens (including phenoxy) is 2. The average Bonchev–Trinajstić information content (AvgIpc) is 3.19. The molecule has 1 aromatic heterocycles. The molecule has 148 valence electrons. The van der Waals surface area contributed by atoms with Crippen molar-refractivity contribution < 1.29 is 9.47 Å². The van der Waals surface area contributed by atoms with E-state index in [1.54, 1.807) is 6.20 Å². The molecule has 0 atom stereocenters. The maximum absolute atomic E-state index is 6.11. The summed E-state index contributed by atoms with van der Waals surface area (Å²) in [5, 5.41) is 0. The molecule has 0 saturated carbocycles. The highest BCUT2D eigenvalue weighted by Crippen LogP contribution is 2.32. The summed E-state index contributed by atoms with van der Waals surface area (Å²) < 4.78 is 12.0. The molecule has 0 fully saturated rings. The number of pyridine rings is 1. The summed E-state index contributed by atoms with van der Waals surface area (Å²) in [7, 11) is 0. The third kappa shape index (κ3) is 3.91. The molecule has 5 rings (SSSR count). The van der Waals surface area contributed by atoms with Crippen molar-refractivity contribution in [2.45, 2.75) is 6.92 Å². The molecule has 0 bridgehead atoms. The van der Waals surface area contributed by atoms with Crippen molar-refractivity contribution in [2.75, 3.05) is 11.6 Å². The van der Waals surface area contributed by atoms with E-state index in [-0.39, 0.29) is 0 Å². The maximum Gasteiger partial charge on any atom is 0.219 e. The first kappa shape index (κ1) is 18.1. The molecule has 0 N–H and O–H groups in total. The molecule has 0 spiro atoms. The van der Waals surface area contributed by atoms with Gasteiger partial charge in [-0.05, 0) is 55.0 Å². The van der Waals surface area contributed by atoms with Gasteiger partial charge in [-0.15, -0.1) is 0 Å². The van der Waals surface area contributed by atoms with Crippen LogP contribution in [0.25, 0.3) is 0 Å². The van der Waals surface area contributed by atoms with Crippen LogP contribution in [-0.2, 0) is 0 Å². The second kappa shape index (κ2) is 7.79. The van der Waals surface area contributed by atoms with Gasteiger partial charge in [-0.2, -0.15) is 0 Å². The van der Waals surface area contributed by atoms with E-state index in [1.807, 2.05) is 73.7 Å². The van der Waals surface area contributed by atoms with E-state index in [1.165, 1.54) is 5.70 Å². The predicted molar refractivity (Wildman–Crippen MR) is 118 cm³/mol. The standard InChI is InChI=1S/C25H21N3O2/c1-19-11-12-26-25(14-19)30-24-10-5-9-23(16-24)29-22-8-4-7-20(15-22)28-17-21-6-2-3-13-27(21)18-28/h2-17H,18H2,1H3. The summed E-state index contributed by atoms with van der Waals surface area (Å²) in [5.41, 5.74) is 3.36. The molecule has 2 aliphatic rings. The van der Waals surface area contributed by atoms with Crippen molar-refractivity contribution in [1.82, 2.24) is 9.88 Å². The van der Waals surface area contributed by atoms with E-state index in [0.717, 1.165) is 23.7 Å². The summed E-state index contributed by atoms with van der Waals surface area (Å²) >= 11 is 0. The van der Waals surface area contributed by atoms with E-state index in [9.17, 15) is 0 Å². The van der Waals surface area contributed by atoms with Crippen LogP contribution < -0.4 is 14.4 Å². The predicted octanol–water partition coefficient (Wildman–Crippen LogP) is 5.98. The zero-order chi connectivity index (χ0) is 20.3. The molecule has 0 unspecified atom stereocenters. The largest absolute Gasteiger partial charge is 0.457 e. The quantitative estimate of drug-likeness (QED) is 0.531. The Kier molecular flexibility index (Phi) is 4.69. The van der Waals surface area contributed by atoms with Gasteiger partial charge in [-0.3, -0.25) is 0 Å². The van der Waals surface area contributed by atoms with Gasteiger partial charge in [0.15, 0.2) is 0 Å². The van der Waals surface area contributed by atoms with Crippen molar-refractivity contribution in [3.8, 4) is 23.1 Å². The summed E-state index contributed by atoms with van der Waals surface area (Å²) in [6.45, 7) is 2.79. The zero-order valence-electron chi connectivity index (χ0n) is 16.6. The van der Waals surface area contributed by atoms with E-state index in [4.69, 9.17) is 9.47 Å². The highest BCUT2D eigenvalue weighted by atomic mass is 16.5. The van der Waals surface area contributed by atoms with Gasteiger partial charge < -0.3 is 19.3 Å². The molecule has 3 aromatic rings. The number of fused-ring (bicyclic) bond motifs is 1. The highest BCUT2D eigenvalue weighted by Gasteiger charge is 2.19. The first-order chi connectivity index (χ1) is 14.7. The smallest absolute Gasteiger partial charge is 0.219 e. The monoisotopic (exact) mass is 395 g/mol. The van der Waals surface area contributed by atoms with Crippen LogP contribution in [-0.4, -0.2) is 16.6 Å². The van der Waals surface area contributed by atoms with E-state index in [0.29, 0.717) is 17.4 Å². The molecule has 0 saturated heterocycles. The SMILES string of the molecule is Cc1ccnc(Oc2cccc(Oc3cccc(N4C=C5C=CC=CN5C4)c3)c2)c1. The minimum Gasteiger partial charge on any atom is -0.457 e. The second-order valence-electron chi connectivity index (χ2n) is 7.18. The lowest BCUT2D eigenvalue weighted by Gasteiger charge is -2.21. The zero-order valence-corrected chi connectivity index (χ0v) is 16.6. The number of hydrogen-bond acceptors (Lipinski definition) is 5. The number of nitrogens with zero attached hydrogens (tertiary/aromatic N) is 3. The van der Waals surface area contributed by atoms with Crippen LogP contribution in [0.4, 0.5) is 5.69 Å². The molecule has 2 aromatic carbocycles. The topological polar surface area (TPSA) is 37.8 Å². The summed E-state index contributed by atoms with van der Waals surface area (Å²) in [6.07, 6.45) is 12.2.